The third-order valence-electron chi connectivity index (χ3n) is 0.927. The molecule has 0 N–H and O–H groups in total. The van der Waals surface area contributed by atoms with Gasteiger partial charge in [-0.1, -0.05) is 27.2 Å². The minimum atomic E-state index is -0.0833. The molecule has 0 unspecified atom stereocenters. The monoisotopic (exact) mass is 340 g/mol. The van der Waals surface area contributed by atoms with Crippen molar-refractivity contribution in [3.05, 3.63) is 13.8 Å². The smallest absolute Gasteiger partial charge is 0.343 e. The van der Waals surface area contributed by atoms with E-state index in [9.17, 15) is 4.79 Å². The maximum Gasteiger partial charge on any atom is 2.00 e. The van der Waals surface area contributed by atoms with Crippen molar-refractivity contribution < 1.29 is 25.9 Å². The van der Waals surface area contributed by atoms with Gasteiger partial charge in [0.15, 0.2) is 0 Å². The molecular weight excluding hydrogens is 320 g/mol. The summed E-state index contributed by atoms with van der Waals surface area (Å²) in [6.07, 6.45) is 2.29. The summed E-state index contributed by atoms with van der Waals surface area (Å²) in [4.78, 5) is 9.33. The van der Waals surface area contributed by atoms with Gasteiger partial charge in [-0.05, 0) is 18.1 Å². The largest absolute Gasteiger partial charge is 2.00 e. The third-order valence-corrected chi connectivity index (χ3v) is 0.927. The van der Waals surface area contributed by atoms with E-state index >= 15 is 0 Å². The Bertz CT molecular complexity index is 98.9. The summed E-state index contributed by atoms with van der Waals surface area (Å²) in [5.41, 5.74) is 0.488. The van der Waals surface area contributed by atoms with E-state index in [1.54, 1.807) is 0 Å². The molecule has 0 aromatic heterocycles. The fourth-order valence-electron chi connectivity index (χ4n) is 0.530. The van der Waals surface area contributed by atoms with E-state index in [1.165, 1.54) is 13.3 Å². The van der Waals surface area contributed by atoms with Crippen LogP contribution in [0.25, 0.3) is 0 Å². The summed E-state index contributed by atoms with van der Waals surface area (Å²) in [6.45, 7) is 14.9. The van der Waals surface area contributed by atoms with E-state index < -0.39 is 0 Å². The van der Waals surface area contributed by atoms with Gasteiger partial charge in [-0.2, -0.15) is 6.42 Å². The van der Waals surface area contributed by atoms with Gasteiger partial charge in [0.1, 0.15) is 0 Å². The Labute approximate surface area is 91.6 Å². The van der Waals surface area contributed by atoms with Gasteiger partial charge in [0.2, 0.25) is 0 Å². The molecule has 0 atom stereocenters. The summed E-state index contributed by atoms with van der Waals surface area (Å²) >= 11 is 0. The molecule has 0 aromatic carbocycles. The van der Waals surface area contributed by atoms with Crippen molar-refractivity contribution in [3.63, 3.8) is 0 Å². The SMILES string of the molecule is [CH2-]C(C)=O.[CH2-]CCC(C)(C)C.[W+2]. The van der Waals surface area contributed by atoms with Crippen LogP contribution in [0.3, 0.4) is 0 Å². The number of carbonyl (C=O) groups is 1. The number of Topliss-reactive ketones (excluding diaryl/α,β-unsaturated/α-hetero) is 1. The first kappa shape index (κ1) is 18.1. The molecular formula is C10H20OW. The van der Waals surface area contributed by atoms with Crippen LogP contribution in [0.1, 0.15) is 40.5 Å². The van der Waals surface area contributed by atoms with E-state index in [-0.39, 0.29) is 26.8 Å². The summed E-state index contributed by atoms with van der Waals surface area (Å²) in [5.74, 6) is -0.0833. The molecule has 0 bridgehead atoms. The standard InChI is InChI=1S/C7H15.C3H5O.W/c1-5-6-7(2,3)4;1-3(2)4;/h1,5-6H2,2-4H3;1H2,2H3;/q2*-1;+2. The molecule has 0 aliphatic carbocycles. The zero-order valence-corrected chi connectivity index (χ0v) is 11.6. The molecule has 0 aliphatic rings. The first-order valence-electron chi connectivity index (χ1n) is 3.91. The Hall–Kier alpha value is 0.228. The average Bonchev–Trinajstić information content (AvgIpc) is 1.58. The Morgan fingerprint density at radius 2 is 1.58 bits per heavy atom. The molecule has 72 valence electrons. The van der Waals surface area contributed by atoms with Crippen LogP contribution in [0.15, 0.2) is 0 Å². The van der Waals surface area contributed by atoms with Gasteiger partial charge in [-0.15, -0.1) is 0 Å². The van der Waals surface area contributed by atoms with Gasteiger partial charge >= 0.3 is 21.1 Å². The molecule has 0 saturated carbocycles. The van der Waals surface area contributed by atoms with Gasteiger partial charge in [0, 0.05) is 0 Å². The zero-order valence-electron chi connectivity index (χ0n) is 8.64. The molecule has 0 radical (unpaired) electrons. The summed E-state index contributed by atoms with van der Waals surface area (Å²) in [7, 11) is 0. The van der Waals surface area contributed by atoms with Crippen molar-refractivity contribution in [1.29, 1.82) is 0 Å². The first-order valence-corrected chi connectivity index (χ1v) is 3.91. The van der Waals surface area contributed by atoms with E-state index in [0.29, 0.717) is 5.41 Å². The average molecular weight is 340 g/mol. The molecule has 0 heterocycles. The molecule has 2 heteroatoms. The number of rotatable bonds is 1. The number of hydrogen-bond donors (Lipinski definition) is 0. The van der Waals surface area contributed by atoms with Crippen LogP contribution in [-0.2, 0) is 25.9 Å². The quantitative estimate of drug-likeness (QED) is 0.671. The topological polar surface area (TPSA) is 17.1 Å². The Kier molecular flexibility index (Phi) is 14.1. The molecule has 0 amide bonds. The summed E-state index contributed by atoms with van der Waals surface area (Å²) < 4.78 is 0. The molecule has 0 fully saturated rings. The van der Waals surface area contributed by atoms with Gasteiger partial charge in [0.05, 0.1) is 0 Å². The fraction of sp³-hybridized carbons (Fsp3) is 0.700. The molecule has 12 heavy (non-hydrogen) atoms. The third kappa shape index (κ3) is 48.7. The van der Waals surface area contributed by atoms with Crippen LogP contribution in [0.4, 0.5) is 0 Å². The van der Waals surface area contributed by atoms with Crippen LogP contribution in [0, 0.1) is 19.3 Å². The van der Waals surface area contributed by atoms with Crippen LogP contribution in [-0.4, -0.2) is 5.78 Å². The van der Waals surface area contributed by atoms with E-state index in [4.69, 9.17) is 0 Å². The van der Waals surface area contributed by atoms with Crippen LogP contribution < -0.4 is 0 Å². The molecule has 0 rings (SSSR count). The van der Waals surface area contributed by atoms with Crippen molar-refractivity contribution in [1.82, 2.24) is 0 Å². The van der Waals surface area contributed by atoms with Gasteiger partial charge in [-0.3, -0.25) is 0 Å². The van der Waals surface area contributed by atoms with E-state index in [1.807, 2.05) is 0 Å². The molecule has 0 aliphatic heterocycles. The Morgan fingerprint density at radius 3 is 1.58 bits per heavy atom. The van der Waals surface area contributed by atoms with Crippen molar-refractivity contribution in [2.24, 2.45) is 5.41 Å². The minimum absolute atomic E-state index is 0. The van der Waals surface area contributed by atoms with Crippen molar-refractivity contribution in [2.75, 3.05) is 0 Å². The molecule has 0 spiro atoms. The number of ketones is 1. The second-order valence-corrected chi connectivity index (χ2v) is 3.87. The van der Waals surface area contributed by atoms with Crippen molar-refractivity contribution in [3.8, 4) is 0 Å². The van der Waals surface area contributed by atoms with E-state index in [2.05, 4.69) is 34.6 Å². The maximum atomic E-state index is 9.33. The summed E-state index contributed by atoms with van der Waals surface area (Å²) in [5, 5.41) is 0. The fourth-order valence-corrected chi connectivity index (χ4v) is 0.530. The normalized spacial score (nSPS) is 9.08. The van der Waals surface area contributed by atoms with Gasteiger partial charge in [0.25, 0.3) is 0 Å². The minimum Gasteiger partial charge on any atom is -0.343 e. The van der Waals surface area contributed by atoms with Crippen LogP contribution >= 0.6 is 0 Å². The summed E-state index contributed by atoms with van der Waals surface area (Å²) in [6, 6.07) is 0. The maximum absolute atomic E-state index is 9.33. The first-order chi connectivity index (χ1) is 4.79. The number of carbonyl (C=O) groups excluding carboxylic acids is 1. The number of hydrogen-bond acceptors (Lipinski definition) is 1. The predicted octanol–water partition coefficient (Wildman–Crippen LogP) is 3.05. The van der Waals surface area contributed by atoms with Gasteiger partial charge < -0.3 is 18.6 Å². The van der Waals surface area contributed by atoms with Crippen LogP contribution in [0.5, 0.6) is 0 Å². The van der Waals surface area contributed by atoms with Crippen molar-refractivity contribution in [2.45, 2.75) is 40.5 Å². The zero-order chi connectivity index (χ0) is 9.49. The Balaban J connectivity index is -0.000000142. The van der Waals surface area contributed by atoms with Gasteiger partial charge in [-0.25, -0.2) is 0 Å². The Morgan fingerprint density at radius 1 is 1.33 bits per heavy atom. The predicted molar refractivity (Wildman–Crippen MR) is 50.1 cm³/mol. The molecule has 0 aromatic rings. The van der Waals surface area contributed by atoms with E-state index in [0.717, 1.165) is 6.42 Å². The second kappa shape index (κ2) is 9.32. The molecule has 1 nitrogen and oxygen atoms in total. The van der Waals surface area contributed by atoms with Crippen LogP contribution in [0.2, 0.25) is 0 Å². The van der Waals surface area contributed by atoms with Crippen molar-refractivity contribution >= 4 is 5.78 Å². The molecule has 0 saturated heterocycles. The second-order valence-electron chi connectivity index (χ2n) is 3.87.